The average molecular weight is 307 g/mol. The zero-order valence-electron chi connectivity index (χ0n) is 12.3. The van der Waals surface area contributed by atoms with E-state index in [0.29, 0.717) is 18.0 Å². The van der Waals surface area contributed by atoms with Crippen LogP contribution in [0.3, 0.4) is 0 Å². The van der Waals surface area contributed by atoms with Crippen LogP contribution in [0, 0.1) is 5.92 Å². The van der Waals surface area contributed by atoms with Gasteiger partial charge in [-0.2, -0.15) is 0 Å². The molecule has 0 radical (unpaired) electrons. The third-order valence-electron chi connectivity index (χ3n) is 4.03. The maximum atomic E-state index is 13.6. The van der Waals surface area contributed by atoms with Gasteiger partial charge in [-0.25, -0.2) is 9.18 Å². The first-order chi connectivity index (χ1) is 10.5. The van der Waals surface area contributed by atoms with Gasteiger partial charge in [0.05, 0.1) is 6.61 Å². The summed E-state index contributed by atoms with van der Waals surface area (Å²) in [7, 11) is 0. The Kier molecular flexibility index (Phi) is 3.76. The second-order valence-electron chi connectivity index (χ2n) is 5.79. The molecule has 2 aliphatic carbocycles. The van der Waals surface area contributed by atoms with Gasteiger partial charge in [-0.15, -0.1) is 0 Å². The number of esters is 1. The summed E-state index contributed by atoms with van der Waals surface area (Å²) in [4.78, 5) is 25.3. The van der Waals surface area contributed by atoms with Crippen molar-refractivity contribution in [3.8, 4) is 0 Å². The third kappa shape index (κ3) is 2.65. The minimum absolute atomic E-state index is 0.0327. The standard InChI is InChI=1S/C16H18FNO4/c1-2-22-16(21)14-15(20)11-6-12(17)13(19)5-10(11)8-18(14)7-9-3-4-9/h6,8-9,12,20H,2-5,7H2,1H3. The average Bonchev–Trinajstić information content (AvgIpc) is 3.26. The zero-order chi connectivity index (χ0) is 15.9. The van der Waals surface area contributed by atoms with Gasteiger partial charge < -0.3 is 14.7 Å². The van der Waals surface area contributed by atoms with Crippen molar-refractivity contribution in [1.82, 2.24) is 4.90 Å². The number of aliphatic hydroxyl groups excluding tert-OH is 1. The van der Waals surface area contributed by atoms with Crippen LogP contribution in [-0.4, -0.2) is 41.1 Å². The van der Waals surface area contributed by atoms with Gasteiger partial charge in [0.2, 0.25) is 0 Å². The summed E-state index contributed by atoms with van der Waals surface area (Å²) in [6.45, 7) is 2.45. The summed E-state index contributed by atoms with van der Waals surface area (Å²) >= 11 is 0. The highest BCUT2D eigenvalue weighted by Gasteiger charge is 2.37. The number of aliphatic hydroxyl groups is 1. The Balaban J connectivity index is 2.00. The van der Waals surface area contributed by atoms with Crippen LogP contribution >= 0.6 is 0 Å². The van der Waals surface area contributed by atoms with Gasteiger partial charge in [0.15, 0.2) is 23.4 Å². The zero-order valence-corrected chi connectivity index (χ0v) is 12.3. The first-order valence-corrected chi connectivity index (χ1v) is 7.48. The highest BCUT2D eigenvalue weighted by molar-refractivity contribution is 5.94. The van der Waals surface area contributed by atoms with Gasteiger partial charge in [0.25, 0.3) is 0 Å². The van der Waals surface area contributed by atoms with Crippen LogP contribution in [-0.2, 0) is 14.3 Å². The molecule has 0 aromatic heterocycles. The Morgan fingerprint density at radius 2 is 2.23 bits per heavy atom. The van der Waals surface area contributed by atoms with E-state index in [0.717, 1.165) is 18.9 Å². The SMILES string of the molecule is CCOC(=O)C1=C(O)C2=CC(F)C(=O)CC2=CN1CC1CC1. The largest absolute Gasteiger partial charge is 0.505 e. The van der Waals surface area contributed by atoms with E-state index in [4.69, 9.17) is 4.74 Å². The fourth-order valence-electron chi connectivity index (χ4n) is 2.73. The first-order valence-electron chi connectivity index (χ1n) is 7.48. The van der Waals surface area contributed by atoms with Crippen molar-refractivity contribution < 1.29 is 23.8 Å². The summed E-state index contributed by atoms with van der Waals surface area (Å²) < 4.78 is 18.6. The second-order valence-corrected chi connectivity index (χ2v) is 5.79. The number of rotatable bonds is 4. The van der Waals surface area contributed by atoms with Crippen LogP contribution in [0.5, 0.6) is 0 Å². The normalized spacial score (nSPS) is 24.7. The van der Waals surface area contributed by atoms with Crippen LogP contribution in [0.4, 0.5) is 4.39 Å². The highest BCUT2D eigenvalue weighted by atomic mass is 19.1. The maximum absolute atomic E-state index is 13.6. The number of hydrogen-bond acceptors (Lipinski definition) is 5. The Bertz CT molecular complexity index is 616. The first kappa shape index (κ1) is 14.8. The summed E-state index contributed by atoms with van der Waals surface area (Å²) in [5.74, 6) is -1.00. The van der Waals surface area contributed by atoms with Crippen LogP contribution in [0.25, 0.3) is 0 Å². The molecule has 0 saturated heterocycles. The molecule has 6 heteroatoms. The van der Waals surface area contributed by atoms with Crippen molar-refractivity contribution >= 4 is 11.8 Å². The molecule has 0 spiro atoms. The van der Waals surface area contributed by atoms with Gasteiger partial charge in [-0.3, -0.25) is 4.79 Å². The van der Waals surface area contributed by atoms with E-state index >= 15 is 0 Å². The molecule has 22 heavy (non-hydrogen) atoms. The molecule has 1 heterocycles. The molecular formula is C16H18FNO4. The monoisotopic (exact) mass is 307 g/mol. The van der Waals surface area contributed by atoms with Gasteiger partial charge in [-0.05, 0) is 37.3 Å². The summed E-state index contributed by atoms with van der Waals surface area (Å²) in [6, 6.07) is 0. The molecule has 3 rings (SSSR count). The lowest BCUT2D eigenvalue weighted by atomic mass is 9.88. The van der Waals surface area contributed by atoms with E-state index in [1.807, 2.05) is 0 Å². The van der Waals surface area contributed by atoms with Crippen LogP contribution in [0.1, 0.15) is 26.2 Å². The number of carbonyl (C=O) groups excluding carboxylic acids is 2. The molecule has 1 fully saturated rings. The number of Topliss-reactive ketones (excluding diaryl/α,β-unsaturated/α-hetero) is 1. The fraction of sp³-hybridized carbons (Fsp3) is 0.500. The van der Waals surface area contributed by atoms with Gasteiger partial charge >= 0.3 is 5.97 Å². The molecule has 1 N–H and O–H groups in total. The molecule has 1 atom stereocenters. The van der Waals surface area contributed by atoms with Crippen molar-refractivity contribution in [2.75, 3.05) is 13.2 Å². The van der Waals surface area contributed by atoms with Gasteiger partial charge in [0, 0.05) is 24.7 Å². The number of fused-ring (bicyclic) bond motifs is 1. The van der Waals surface area contributed by atoms with Crippen molar-refractivity contribution in [3.05, 3.63) is 34.9 Å². The third-order valence-corrected chi connectivity index (χ3v) is 4.03. The molecule has 118 valence electrons. The number of ketones is 1. The smallest absolute Gasteiger partial charge is 0.358 e. The van der Waals surface area contributed by atoms with Crippen molar-refractivity contribution in [3.63, 3.8) is 0 Å². The topological polar surface area (TPSA) is 66.8 Å². The van der Waals surface area contributed by atoms with Crippen molar-refractivity contribution in [2.45, 2.75) is 32.4 Å². The minimum atomic E-state index is -1.74. The van der Waals surface area contributed by atoms with Gasteiger partial charge in [-0.1, -0.05) is 0 Å². The van der Waals surface area contributed by atoms with E-state index in [-0.39, 0.29) is 30.1 Å². The van der Waals surface area contributed by atoms with Crippen LogP contribution < -0.4 is 0 Å². The fourth-order valence-corrected chi connectivity index (χ4v) is 2.73. The number of carbonyl (C=O) groups is 2. The van der Waals surface area contributed by atoms with E-state index in [9.17, 15) is 19.1 Å². The predicted molar refractivity (Wildman–Crippen MR) is 76.4 cm³/mol. The molecule has 0 amide bonds. The van der Waals surface area contributed by atoms with Crippen LogP contribution in [0.2, 0.25) is 0 Å². The Hall–Kier alpha value is -2.11. The molecule has 5 nitrogen and oxygen atoms in total. The van der Waals surface area contributed by atoms with E-state index in [1.165, 1.54) is 0 Å². The quantitative estimate of drug-likeness (QED) is 0.806. The maximum Gasteiger partial charge on any atom is 0.358 e. The molecule has 1 unspecified atom stereocenters. The number of nitrogens with zero attached hydrogens (tertiary/aromatic N) is 1. The Labute approximate surface area is 127 Å². The molecular weight excluding hydrogens is 289 g/mol. The molecule has 1 saturated carbocycles. The molecule has 0 aromatic carbocycles. The number of hydrogen-bond donors (Lipinski definition) is 1. The van der Waals surface area contributed by atoms with Crippen molar-refractivity contribution in [1.29, 1.82) is 0 Å². The number of ether oxygens (including phenoxy) is 1. The number of halogens is 1. The lowest BCUT2D eigenvalue weighted by Crippen LogP contribution is -2.34. The summed E-state index contributed by atoms with van der Waals surface area (Å²) in [5.41, 5.74) is 0.803. The highest BCUT2D eigenvalue weighted by Crippen LogP contribution is 2.38. The molecule has 0 bridgehead atoms. The second kappa shape index (κ2) is 5.59. The lowest BCUT2D eigenvalue weighted by Gasteiger charge is -2.31. The van der Waals surface area contributed by atoms with Crippen molar-refractivity contribution in [2.24, 2.45) is 5.92 Å². The lowest BCUT2D eigenvalue weighted by molar-refractivity contribution is -0.140. The van der Waals surface area contributed by atoms with E-state index < -0.39 is 17.9 Å². The minimum Gasteiger partial charge on any atom is -0.505 e. The Morgan fingerprint density at radius 3 is 2.86 bits per heavy atom. The molecule has 0 aromatic rings. The number of allylic oxidation sites excluding steroid dienone is 2. The van der Waals surface area contributed by atoms with E-state index in [1.54, 1.807) is 18.0 Å². The predicted octanol–water partition coefficient (Wildman–Crippen LogP) is 2.17. The molecule has 3 aliphatic rings. The summed E-state index contributed by atoms with van der Waals surface area (Å²) in [5, 5.41) is 10.4. The van der Waals surface area contributed by atoms with E-state index in [2.05, 4.69) is 0 Å². The Morgan fingerprint density at radius 1 is 1.50 bits per heavy atom. The summed E-state index contributed by atoms with van der Waals surface area (Å²) in [6.07, 6.45) is 3.07. The molecule has 1 aliphatic heterocycles. The van der Waals surface area contributed by atoms with Gasteiger partial charge in [0.1, 0.15) is 0 Å². The van der Waals surface area contributed by atoms with Crippen LogP contribution in [0.15, 0.2) is 34.9 Å². The number of alkyl halides is 1.